The van der Waals surface area contributed by atoms with Crippen LogP contribution in [0.1, 0.15) is 12.5 Å². The molecular formula is C13H13ClO3. The molecule has 3 nitrogen and oxygen atoms in total. The Balaban J connectivity index is 2.61. The molecule has 0 spiro atoms. The van der Waals surface area contributed by atoms with Gasteiger partial charge in [-0.2, -0.15) is 0 Å². The Labute approximate surface area is 105 Å². The molecule has 0 amide bonds. The summed E-state index contributed by atoms with van der Waals surface area (Å²) in [5, 5.41) is 0.314. The summed E-state index contributed by atoms with van der Waals surface area (Å²) in [6.45, 7) is 1.81. The highest BCUT2D eigenvalue weighted by Gasteiger charge is 2.12. The van der Waals surface area contributed by atoms with Gasteiger partial charge < -0.3 is 4.74 Å². The van der Waals surface area contributed by atoms with Gasteiger partial charge in [0.05, 0.1) is 6.61 Å². The van der Waals surface area contributed by atoms with Crippen LogP contribution in [-0.4, -0.2) is 18.4 Å². The van der Waals surface area contributed by atoms with E-state index in [-0.39, 0.29) is 6.61 Å². The molecule has 0 aliphatic rings. The lowest BCUT2D eigenvalue weighted by atomic mass is 10.1. The van der Waals surface area contributed by atoms with E-state index in [0.717, 1.165) is 11.6 Å². The molecule has 0 aliphatic heterocycles. The summed E-state index contributed by atoms with van der Waals surface area (Å²) in [6.07, 6.45) is 1.53. The predicted molar refractivity (Wildman–Crippen MR) is 65.7 cm³/mol. The van der Waals surface area contributed by atoms with Crippen LogP contribution in [0.2, 0.25) is 0 Å². The zero-order chi connectivity index (χ0) is 12.7. The zero-order valence-electron chi connectivity index (χ0n) is 9.48. The van der Waals surface area contributed by atoms with E-state index in [1.165, 1.54) is 0 Å². The number of carbonyl (C=O) groups excluding carboxylic acids is 2. The van der Waals surface area contributed by atoms with Crippen molar-refractivity contribution in [1.29, 1.82) is 0 Å². The molecule has 0 bridgehead atoms. The molecule has 0 heterocycles. The smallest absolute Gasteiger partial charge is 0.379 e. The number of hydrogen-bond donors (Lipinski definition) is 0. The lowest BCUT2D eigenvalue weighted by Crippen LogP contribution is -2.15. The summed E-state index contributed by atoms with van der Waals surface area (Å²) in [5.41, 5.74) is 0.977. The van der Waals surface area contributed by atoms with Gasteiger partial charge in [0.1, 0.15) is 0 Å². The third kappa shape index (κ3) is 4.83. The molecule has 0 N–H and O–H groups in total. The van der Waals surface area contributed by atoms with Crippen molar-refractivity contribution < 1.29 is 14.3 Å². The molecular weight excluding hydrogens is 240 g/mol. The lowest BCUT2D eigenvalue weighted by Gasteiger charge is -2.00. The minimum absolute atomic E-state index is 0.175. The fourth-order valence-corrected chi connectivity index (χ4v) is 1.50. The summed E-state index contributed by atoms with van der Waals surface area (Å²) in [4.78, 5) is 22.4. The van der Waals surface area contributed by atoms with Crippen molar-refractivity contribution in [2.45, 2.75) is 13.3 Å². The van der Waals surface area contributed by atoms with Crippen molar-refractivity contribution in [3.8, 4) is 0 Å². The van der Waals surface area contributed by atoms with Crippen LogP contribution in [0.3, 0.4) is 0 Å². The van der Waals surface area contributed by atoms with Gasteiger partial charge in [0.25, 0.3) is 5.78 Å². The molecule has 1 aromatic rings. The third-order valence-electron chi connectivity index (χ3n) is 1.98. The van der Waals surface area contributed by atoms with Gasteiger partial charge in [-0.15, -0.1) is 0 Å². The zero-order valence-corrected chi connectivity index (χ0v) is 10.2. The van der Waals surface area contributed by atoms with E-state index < -0.39 is 11.8 Å². The van der Waals surface area contributed by atoms with E-state index >= 15 is 0 Å². The van der Waals surface area contributed by atoms with Crippen LogP contribution < -0.4 is 0 Å². The summed E-state index contributed by atoms with van der Waals surface area (Å²) in [6, 6.07) is 9.44. The number of hydrogen-bond acceptors (Lipinski definition) is 3. The number of ether oxygens (including phenoxy) is 1. The van der Waals surface area contributed by atoms with E-state index in [1.54, 1.807) is 6.92 Å². The van der Waals surface area contributed by atoms with Crippen LogP contribution in [0.15, 0.2) is 41.4 Å². The number of halogens is 1. The minimum atomic E-state index is -0.876. The fourth-order valence-electron chi connectivity index (χ4n) is 1.25. The first-order chi connectivity index (χ1) is 8.13. The average Bonchev–Trinajstić information content (AvgIpc) is 2.30. The molecule has 0 aromatic heterocycles. The molecule has 90 valence electrons. The maximum absolute atomic E-state index is 11.3. The molecule has 0 atom stereocenters. The van der Waals surface area contributed by atoms with Crippen molar-refractivity contribution in [1.82, 2.24) is 0 Å². The molecule has 0 unspecified atom stereocenters. The fraction of sp³-hybridized carbons (Fsp3) is 0.231. The Morgan fingerprint density at radius 2 is 1.94 bits per heavy atom. The van der Waals surface area contributed by atoms with Gasteiger partial charge in [0.2, 0.25) is 0 Å². The first-order valence-electron chi connectivity index (χ1n) is 5.24. The molecule has 1 aromatic carbocycles. The summed E-state index contributed by atoms with van der Waals surface area (Å²) in [7, 11) is 0. The van der Waals surface area contributed by atoms with Crippen LogP contribution >= 0.6 is 11.6 Å². The summed E-state index contributed by atoms with van der Waals surface area (Å²) >= 11 is 5.89. The van der Waals surface area contributed by atoms with Crippen LogP contribution in [0.4, 0.5) is 0 Å². The van der Waals surface area contributed by atoms with Crippen molar-refractivity contribution in [2.75, 3.05) is 6.61 Å². The van der Waals surface area contributed by atoms with Crippen molar-refractivity contribution in [3.63, 3.8) is 0 Å². The minimum Gasteiger partial charge on any atom is -0.460 e. The lowest BCUT2D eigenvalue weighted by molar-refractivity contribution is -0.151. The number of esters is 1. The number of ketones is 1. The van der Waals surface area contributed by atoms with E-state index in [0.29, 0.717) is 11.5 Å². The Kier molecular flexibility index (Phi) is 5.43. The van der Waals surface area contributed by atoms with E-state index in [4.69, 9.17) is 11.6 Å². The third-order valence-corrected chi connectivity index (χ3v) is 2.22. The van der Waals surface area contributed by atoms with Crippen molar-refractivity contribution >= 4 is 23.4 Å². The van der Waals surface area contributed by atoms with Crippen LogP contribution in [-0.2, 0) is 20.7 Å². The second-order valence-corrected chi connectivity index (χ2v) is 3.82. The predicted octanol–water partition coefficient (Wildman–Crippen LogP) is 2.48. The number of benzene rings is 1. The van der Waals surface area contributed by atoms with E-state index in [1.807, 2.05) is 30.3 Å². The maximum Gasteiger partial charge on any atom is 0.379 e. The molecule has 17 heavy (non-hydrogen) atoms. The van der Waals surface area contributed by atoms with E-state index in [2.05, 4.69) is 4.74 Å². The Morgan fingerprint density at radius 3 is 2.53 bits per heavy atom. The number of allylic oxidation sites excluding steroid dienone is 1. The van der Waals surface area contributed by atoms with Crippen LogP contribution in [0, 0.1) is 0 Å². The Hall–Kier alpha value is -1.61. The quantitative estimate of drug-likeness (QED) is 0.459. The molecule has 0 saturated heterocycles. The van der Waals surface area contributed by atoms with Crippen molar-refractivity contribution in [3.05, 3.63) is 47.0 Å². The van der Waals surface area contributed by atoms with E-state index in [9.17, 15) is 9.59 Å². The summed E-state index contributed by atoms with van der Waals surface area (Å²) < 4.78 is 4.56. The normalized spacial score (nSPS) is 11.1. The second kappa shape index (κ2) is 6.86. The molecule has 0 saturated carbocycles. The standard InChI is InChI=1S/C13H13ClO3/c1-2-17-13(16)12(15)9-11(14)8-10-6-4-3-5-7-10/h3-7,9H,2,8H2,1H3/b11-9-. The largest absolute Gasteiger partial charge is 0.460 e. The summed E-state index contributed by atoms with van der Waals surface area (Å²) in [5.74, 6) is -1.61. The molecule has 0 radical (unpaired) electrons. The first-order valence-corrected chi connectivity index (χ1v) is 5.62. The Bertz CT molecular complexity index is 424. The van der Waals surface area contributed by atoms with Gasteiger partial charge in [-0.05, 0) is 12.5 Å². The van der Waals surface area contributed by atoms with Gasteiger partial charge in [-0.25, -0.2) is 4.79 Å². The highest BCUT2D eigenvalue weighted by Crippen LogP contribution is 2.11. The van der Waals surface area contributed by atoms with Gasteiger partial charge in [0, 0.05) is 17.5 Å². The highest BCUT2D eigenvalue weighted by atomic mass is 35.5. The second-order valence-electron chi connectivity index (χ2n) is 3.34. The first kappa shape index (κ1) is 13.5. The average molecular weight is 253 g/mol. The molecule has 1 rings (SSSR count). The highest BCUT2D eigenvalue weighted by molar-refractivity contribution is 6.41. The Morgan fingerprint density at radius 1 is 1.29 bits per heavy atom. The molecule has 0 fully saturated rings. The van der Waals surface area contributed by atoms with Gasteiger partial charge in [-0.1, -0.05) is 41.9 Å². The van der Waals surface area contributed by atoms with Gasteiger partial charge in [0.15, 0.2) is 0 Å². The molecule has 4 heteroatoms. The number of rotatable bonds is 5. The van der Waals surface area contributed by atoms with Gasteiger partial charge in [-0.3, -0.25) is 4.79 Å². The van der Waals surface area contributed by atoms with Crippen LogP contribution in [0.5, 0.6) is 0 Å². The van der Waals surface area contributed by atoms with Gasteiger partial charge >= 0.3 is 5.97 Å². The SMILES string of the molecule is CCOC(=O)C(=O)/C=C(\Cl)Cc1ccccc1. The monoisotopic (exact) mass is 252 g/mol. The van der Waals surface area contributed by atoms with Crippen molar-refractivity contribution in [2.24, 2.45) is 0 Å². The topological polar surface area (TPSA) is 43.4 Å². The number of carbonyl (C=O) groups is 2. The molecule has 0 aliphatic carbocycles. The van der Waals surface area contributed by atoms with Crippen LogP contribution in [0.25, 0.3) is 0 Å². The maximum atomic E-state index is 11.3.